The number of imide groups is 1. The van der Waals surface area contributed by atoms with Gasteiger partial charge in [-0.3, -0.25) is 19.3 Å². The first-order valence-corrected chi connectivity index (χ1v) is 12.3. The fourth-order valence-corrected chi connectivity index (χ4v) is 3.73. The van der Waals surface area contributed by atoms with Crippen molar-refractivity contribution in [3.8, 4) is 0 Å². The molecule has 32 heavy (non-hydrogen) atoms. The number of amides is 3. The number of halogens is 1. The molecule has 0 heterocycles. The summed E-state index contributed by atoms with van der Waals surface area (Å²) in [5.41, 5.74) is -0.0963. The quantitative estimate of drug-likeness (QED) is 0.204. The fourth-order valence-electron chi connectivity index (χ4n) is 3.60. The molecule has 1 N–H and O–H groups in total. The number of rotatable bonds is 13. The second-order valence-electron chi connectivity index (χ2n) is 9.62. The van der Waals surface area contributed by atoms with Gasteiger partial charge in [0.05, 0.1) is 0 Å². The van der Waals surface area contributed by atoms with E-state index in [9.17, 15) is 14.4 Å². The highest BCUT2D eigenvalue weighted by Gasteiger charge is 2.36. The zero-order valence-electron chi connectivity index (χ0n) is 20.5. The lowest BCUT2D eigenvalue weighted by atomic mass is 9.91. The van der Waals surface area contributed by atoms with Crippen LogP contribution in [0.3, 0.4) is 0 Å². The van der Waals surface area contributed by atoms with Gasteiger partial charge in [-0.25, -0.2) is 0 Å². The second kappa shape index (κ2) is 14.3. The minimum atomic E-state index is -0.724. The predicted octanol–water partition coefficient (Wildman–Crippen LogP) is 6.55. The van der Waals surface area contributed by atoms with Crippen LogP contribution in [0.4, 0.5) is 5.69 Å². The van der Waals surface area contributed by atoms with Crippen LogP contribution in [-0.2, 0) is 14.4 Å². The van der Waals surface area contributed by atoms with Gasteiger partial charge >= 0.3 is 0 Å². The Morgan fingerprint density at radius 2 is 1.59 bits per heavy atom. The van der Waals surface area contributed by atoms with E-state index >= 15 is 0 Å². The smallest absolute Gasteiger partial charge is 0.238 e. The van der Waals surface area contributed by atoms with E-state index in [1.807, 2.05) is 45.9 Å². The molecule has 2 unspecified atom stereocenters. The highest BCUT2D eigenvalue weighted by atomic mass is 35.5. The molecule has 0 aliphatic rings. The van der Waals surface area contributed by atoms with Crippen molar-refractivity contribution in [2.24, 2.45) is 5.41 Å². The summed E-state index contributed by atoms with van der Waals surface area (Å²) in [6.45, 7) is 9.52. The molecule has 6 heteroatoms. The Kier molecular flexibility index (Phi) is 12.6. The molecule has 1 aromatic carbocycles. The number of hydrogen-bond acceptors (Lipinski definition) is 3. The number of anilines is 1. The Bertz CT molecular complexity index is 714. The summed E-state index contributed by atoms with van der Waals surface area (Å²) in [6.07, 6.45) is 7.24. The van der Waals surface area contributed by atoms with Crippen LogP contribution in [0.2, 0.25) is 0 Å². The molecule has 0 aromatic heterocycles. The largest absolute Gasteiger partial charge is 0.326 e. The SMILES string of the molecule is CCCCCCCC(CCC(C)Cl)N(C(=O)CC(=O)Nc1ccccc1)C(=O)C(C)(C)C. The molecule has 1 aromatic rings. The molecule has 0 saturated carbocycles. The Morgan fingerprint density at radius 1 is 0.969 bits per heavy atom. The number of unbranched alkanes of at least 4 members (excludes halogenated alkanes) is 4. The zero-order valence-corrected chi connectivity index (χ0v) is 21.2. The number of nitrogens with one attached hydrogen (secondary N) is 1. The number of benzene rings is 1. The lowest BCUT2D eigenvalue weighted by molar-refractivity contribution is -0.154. The van der Waals surface area contributed by atoms with E-state index in [4.69, 9.17) is 11.6 Å². The molecule has 0 aliphatic heterocycles. The monoisotopic (exact) mass is 464 g/mol. The van der Waals surface area contributed by atoms with Gasteiger partial charge in [0, 0.05) is 22.5 Å². The van der Waals surface area contributed by atoms with Crippen molar-refractivity contribution >= 4 is 35.0 Å². The minimum absolute atomic E-state index is 0.0411. The zero-order chi connectivity index (χ0) is 24.1. The van der Waals surface area contributed by atoms with Crippen LogP contribution in [0.1, 0.15) is 92.4 Å². The van der Waals surface area contributed by atoms with Gasteiger partial charge in [-0.1, -0.05) is 78.0 Å². The van der Waals surface area contributed by atoms with E-state index in [0.29, 0.717) is 18.5 Å². The van der Waals surface area contributed by atoms with Gasteiger partial charge < -0.3 is 5.32 Å². The summed E-state index contributed by atoms with van der Waals surface area (Å²) in [5.74, 6) is -1.10. The number of carbonyl (C=O) groups is 3. The molecule has 3 amide bonds. The van der Waals surface area contributed by atoms with Crippen molar-refractivity contribution in [3.63, 3.8) is 0 Å². The maximum Gasteiger partial charge on any atom is 0.238 e. The van der Waals surface area contributed by atoms with Crippen LogP contribution >= 0.6 is 11.6 Å². The molecule has 0 radical (unpaired) electrons. The van der Waals surface area contributed by atoms with Gasteiger partial charge in [-0.2, -0.15) is 0 Å². The summed E-state index contributed by atoms with van der Waals surface area (Å²) in [7, 11) is 0. The number of para-hydroxylation sites is 1. The Morgan fingerprint density at radius 3 is 2.16 bits per heavy atom. The molecule has 1 rings (SSSR count). The summed E-state index contributed by atoms with van der Waals surface area (Å²) in [5, 5.41) is 2.70. The molecule has 2 atom stereocenters. The van der Waals surface area contributed by atoms with E-state index < -0.39 is 17.2 Å². The maximum atomic E-state index is 13.3. The molecule has 0 spiro atoms. The lowest BCUT2D eigenvalue weighted by Crippen LogP contribution is -2.50. The topological polar surface area (TPSA) is 66.5 Å². The molecule has 5 nitrogen and oxygen atoms in total. The average molecular weight is 465 g/mol. The van der Waals surface area contributed by atoms with Gasteiger partial charge in [0.25, 0.3) is 0 Å². The summed E-state index contributed by atoms with van der Waals surface area (Å²) < 4.78 is 0. The van der Waals surface area contributed by atoms with Crippen molar-refractivity contribution in [1.82, 2.24) is 4.90 Å². The van der Waals surface area contributed by atoms with Crippen molar-refractivity contribution in [3.05, 3.63) is 30.3 Å². The summed E-state index contributed by atoms with van der Waals surface area (Å²) >= 11 is 6.20. The minimum Gasteiger partial charge on any atom is -0.326 e. The van der Waals surface area contributed by atoms with E-state index in [1.165, 1.54) is 11.3 Å². The molecule has 0 aliphatic carbocycles. The van der Waals surface area contributed by atoms with Crippen molar-refractivity contribution < 1.29 is 14.4 Å². The third-order valence-electron chi connectivity index (χ3n) is 5.40. The van der Waals surface area contributed by atoms with Gasteiger partial charge in [0.15, 0.2) is 0 Å². The number of hydrogen-bond donors (Lipinski definition) is 1. The van der Waals surface area contributed by atoms with Gasteiger partial charge in [0.2, 0.25) is 17.7 Å². The molecule has 0 saturated heterocycles. The van der Waals surface area contributed by atoms with E-state index in [-0.39, 0.29) is 23.7 Å². The van der Waals surface area contributed by atoms with E-state index in [2.05, 4.69) is 12.2 Å². The Balaban J connectivity index is 2.99. The Labute approximate surface area is 199 Å². The van der Waals surface area contributed by atoms with Crippen molar-refractivity contribution in [1.29, 1.82) is 0 Å². The molecule has 0 fully saturated rings. The second-order valence-corrected chi connectivity index (χ2v) is 10.4. The number of nitrogens with zero attached hydrogens (tertiary/aromatic N) is 1. The summed E-state index contributed by atoms with van der Waals surface area (Å²) in [6, 6.07) is 8.77. The van der Waals surface area contributed by atoms with E-state index in [0.717, 1.165) is 32.1 Å². The van der Waals surface area contributed by atoms with Crippen LogP contribution in [0.25, 0.3) is 0 Å². The standard InChI is InChI=1S/C26H41ClN2O3/c1-6-7-8-9-13-16-22(18-17-20(2)27)29(25(32)26(3,4)5)24(31)19-23(30)28-21-14-11-10-12-15-21/h10-12,14-15,20,22H,6-9,13,16-19H2,1-5H3,(H,28,30). The van der Waals surface area contributed by atoms with Crippen LogP contribution in [0.5, 0.6) is 0 Å². The Hall–Kier alpha value is -1.88. The summed E-state index contributed by atoms with van der Waals surface area (Å²) in [4.78, 5) is 40.5. The fraction of sp³-hybridized carbons (Fsp3) is 0.654. The lowest BCUT2D eigenvalue weighted by Gasteiger charge is -2.35. The van der Waals surface area contributed by atoms with Crippen molar-refractivity contribution in [2.75, 3.05) is 5.32 Å². The van der Waals surface area contributed by atoms with Gasteiger partial charge in [0.1, 0.15) is 6.42 Å². The van der Waals surface area contributed by atoms with Gasteiger partial charge in [-0.15, -0.1) is 11.6 Å². The average Bonchev–Trinajstić information content (AvgIpc) is 2.71. The molecule has 0 bridgehead atoms. The van der Waals surface area contributed by atoms with Crippen LogP contribution in [-0.4, -0.2) is 34.0 Å². The van der Waals surface area contributed by atoms with E-state index in [1.54, 1.807) is 12.1 Å². The first-order chi connectivity index (χ1) is 15.1. The van der Waals surface area contributed by atoms with Gasteiger partial charge in [-0.05, 0) is 38.3 Å². The number of alkyl halides is 1. The maximum absolute atomic E-state index is 13.3. The third-order valence-corrected chi connectivity index (χ3v) is 5.62. The van der Waals surface area contributed by atoms with Crippen LogP contribution in [0, 0.1) is 5.41 Å². The first-order valence-electron chi connectivity index (χ1n) is 11.9. The normalized spacial score (nSPS) is 13.3. The van der Waals surface area contributed by atoms with Crippen LogP contribution < -0.4 is 5.32 Å². The molecular formula is C26H41ClN2O3. The van der Waals surface area contributed by atoms with Crippen molar-refractivity contribution in [2.45, 2.75) is 104 Å². The first kappa shape index (κ1) is 28.2. The molecular weight excluding hydrogens is 424 g/mol. The highest BCUT2D eigenvalue weighted by Crippen LogP contribution is 2.26. The molecule has 180 valence electrons. The number of carbonyl (C=O) groups excluding carboxylic acids is 3. The highest BCUT2D eigenvalue weighted by molar-refractivity contribution is 6.20. The predicted molar refractivity (Wildman–Crippen MR) is 133 cm³/mol. The van der Waals surface area contributed by atoms with Crippen LogP contribution in [0.15, 0.2) is 30.3 Å². The third kappa shape index (κ3) is 10.6.